The van der Waals surface area contributed by atoms with Gasteiger partial charge >= 0.3 is 0 Å². The SMILES string of the molecule is O=S1CCc2ncnc(N[C@H](O)C3CCC3N3CCC4(c5ncc(Cl)cn5)CC4C3)c21. The number of hydrogen-bond donors (Lipinski definition) is 2. The molecule has 0 bridgehead atoms. The minimum Gasteiger partial charge on any atom is -0.373 e. The topological polar surface area (TPSA) is 104 Å². The maximum Gasteiger partial charge on any atom is 0.147 e. The number of hydrogen-bond acceptors (Lipinski definition) is 8. The fourth-order valence-electron chi connectivity index (χ4n) is 5.70. The minimum atomic E-state index is -1.09. The Morgan fingerprint density at radius 2 is 2.10 bits per heavy atom. The summed E-state index contributed by atoms with van der Waals surface area (Å²) in [6.45, 7) is 2.01. The Bertz CT molecular complexity index is 1040. The van der Waals surface area contributed by atoms with Crippen LogP contribution in [0, 0.1) is 11.8 Å². The minimum absolute atomic E-state index is 0.114. The van der Waals surface area contributed by atoms with Crippen LogP contribution >= 0.6 is 11.6 Å². The van der Waals surface area contributed by atoms with Gasteiger partial charge in [-0.15, -0.1) is 0 Å². The Morgan fingerprint density at radius 3 is 2.84 bits per heavy atom. The van der Waals surface area contributed by atoms with Crippen molar-refractivity contribution in [1.29, 1.82) is 0 Å². The van der Waals surface area contributed by atoms with E-state index in [-0.39, 0.29) is 11.3 Å². The molecular formula is C21H25ClN6O2S. The summed E-state index contributed by atoms with van der Waals surface area (Å²) < 4.78 is 12.3. The smallest absolute Gasteiger partial charge is 0.147 e. The highest BCUT2D eigenvalue weighted by Gasteiger charge is 2.60. The molecule has 1 saturated heterocycles. The van der Waals surface area contributed by atoms with Gasteiger partial charge in [0.2, 0.25) is 0 Å². The average molecular weight is 461 g/mol. The zero-order valence-electron chi connectivity index (χ0n) is 17.1. The number of piperidine rings is 1. The average Bonchev–Trinajstić information content (AvgIpc) is 3.35. The molecule has 2 saturated carbocycles. The number of aryl methyl sites for hydroxylation is 1. The van der Waals surface area contributed by atoms with Gasteiger partial charge in [0.25, 0.3) is 0 Å². The fraction of sp³-hybridized carbons (Fsp3) is 0.619. The molecule has 0 amide bonds. The summed E-state index contributed by atoms with van der Waals surface area (Å²) in [5.74, 6) is 2.75. The van der Waals surface area contributed by atoms with Crippen molar-refractivity contribution in [3.63, 3.8) is 0 Å². The van der Waals surface area contributed by atoms with Gasteiger partial charge in [-0.05, 0) is 38.1 Å². The second-order valence-corrected chi connectivity index (χ2v) is 11.2. The summed E-state index contributed by atoms with van der Waals surface area (Å²) in [6.07, 6.45) is 9.12. The molecule has 2 aliphatic heterocycles. The summed E-state index contributed by atoms with van der Waals surface area (Å²) in [5, 5.41) is 14.7. The molecule has 5 unspecified atom stereocenters. The Morgan fingerprint density at radius 1 is 1.26 bits per heavy atom. The fourth-order valence-corrected chi connectivity index (χ4v) is 7.12. The monoisotopic (exact) mass is 460 g/mol. The highest BCUT2D eigenvalue weighted by atomic mass is 35.5. The molecule has 4 heterocycles. The summed E-state index contributed by atoms with van der Waals surface area (Å²) in [7, 11) is -1.09. The number of likely N-dealkylation sites (tertiary alicyclic amines) is 1. The molecule has 6 atom stereocenters. The van der Waals surface area contributed by atoms with Crippen LogP contribution in [0.15, 0.2) is 23.6 Å². The number of halogens is 1. The van der Waals surface area contributed by atoms with E-state index < -0.39 is 17.0 Å². The van der Waals surface area contributed by atoms with Crippen molar-refractivity contribution in [3.8, 4) is 0 Å². The van der Waals surface area contributed by atoms with Gasteiger partial charge in [-0.3, -0.25) is 9.11 Å². The third-order valence-electron chi connectivity index (χ3n) is 7.68. The highest BCUT2D eigenvalue weighted by Crippen LogP contribution is 2.59. The van der Waals surface area contributed by atoms with E-state index >= 15 is 0 Å². The molecule has 0 spiro atoms. The van der Waals surface area contributed by atoms with Gasteiger partial charge in [0.15, 0.2) is 0 Å². The van der Waals surface area contributed by atoms with E-state index in [4.69, 9.17) is 11.6 Å². The van der Waals surface area contributed by atoms with Crippen LogP contribution in [0.1, 0.15) is 37.2 Å². The van der Waals surface area contributed by atoms with Crippen LogP contribution < -0.4 is 5.32 Å². The Kier molecular flexibility index (Phi) is 4.79. The maximum absolute atomic E-state index is 12.3. The summed E-state index contributed by atoms with van der Waals surface area (Å²) in [4.78, 5) is 20.7. The summed E-state index contributed by atoms with van der Waals surface area (Å²) in [5.41, 5.74) is 0.946. The number of aliphatic hydroxyl groups is 1. The van der Waals surface area contributed by atoms with Gasteiger partial charge in [0.1, 0.15) is 29.1 Å². The van der Waals surface area contributed by atoms with Crippen LogP contribution in [0.4, 0.5) is 5.82 Å². The van der Waals surface area contributed by atoms with Crippen LogP contribution in [0.3, 0.4) is 0 Å². The zero-order valence-corrected chi connectivity index (χ0v) is 18.6. The molecule has 8 nitrogen and oxygen atoms in total. The van der Waals surface area contributed by atoms with Crippen LogP contribution in [0.5, 0.6) is 0 Å². The van der Waals surface area contributed by atoms with Crippen molar-refractivity contribution in [3.05, 3.63) is 35.3 Å². The van der Waals surface area contributed by atoms with Gasteiger partial charge in [-0.1, -0.05) is 11.6 Å². The van der Waals surface area contributed by atoms with Crippen LogP contribution in [-0.4, -0.2) is 65.3 Å². The molecule has 31 heavy (non-hydrogen) atoms. The number of anilines is 1. The van der Waals surface area contributed by atoms with E-state index in [0.717, 1.165) is 50.3 Å². The Balaban J connectivity index is 1.11. The third kappa shape index (κ3) is 3.28. The Hall–Kier alpha value is -1.68. The first-order valence-corrected chi connectivity index (χ1v) is 12.6. The molecule has 0 aromatic carbocycles. The van der Waals surface area contributed by atoms with Crippen molar-refractivity contribution in [2.75, 3.05) is 24.2 Å². The standard InChI is InChI=1S/C21H25ClN6O2S/c22-13-8-23-20(24-9-13)21-4-5-28(10-12(21)7-21)16-2-1-14(16)19(29)27-18-17-15(25-11-26-18)3-6-31(17)30/h8-9,11-12,14,16,19,29H,1-7,10H2,(H,25,26,27)/t12?,14?,16?,19-,21?,31?/m1/s1. The van der Waals surface area contributed by atoms with Crippen molar-refractivity contribution >= 4 is 28.2 Å². The number of nitrogens with one attached hydrogen (secondary N) is 1. The van der Waals surface area contributed by atoms with E-state index in [1.165, 1.54) is 6.33 Å². The van der Waals surface area contributed by atoms with E-state index in [1.807, 2.05) is 0 Å². The second-order valence-electron chi connectivity index (χ2n) is 9.22. The van der Waals surface area contributed by atoms with Gasteiger partial charge in [0, 0.05) is 48.5 Å². The molecule has 0 radical (unpaired) electrons. The lowest BCUT2D eigenvalue weighted by Crippen LogP contribution is -2.55. The molecule has 3 fully saturated rings. The third-order valence-corrected chi connectivity index (χ3v) is 9.33. The van der Waals surface area contributed by atoms with Gasteiger partial charge in [0.05, 0.1) is 21.5 Å². The summed E-state index contributed by atoms with van der Waals surface area (Å²) in [6, 6.07) is 0.354. The van der Waals surface area contributed by atoms with Crippen LogP contribution in [-0.2, 0) is 22.6 Å². The van der Waals surface area contributed by atoms with Crippen molar-refractivity contribution in [2.45, 2.75) is 54.7 Å². The van der Waals surface area contributed by atoms with Gasteiger partial charge in [-0.2, -0.15) is 0 Å². The first-order valence-electron chi connectivity index (χ1n) is 10.9. The molecule has 6 rings (SSSR count). The summed E-state index contributed by atoms with van der Waals surface area (Å²) >= 11 is 5.96. The molecule has 10 heteroatoms. The van der Waals surface area contributed by atoms with Gasteiger partial charge in [-0.25, -0.2) is 19.9 Å². The van der Waals surface area contributed by atoms with Crippen molar-refractivity contribution in [2.24, 2.45) is 11.8 Å². The lowest BCUT2D eigenvalue weighted by Gasteiger charge is -2.48. The van der Waals surface area contributed by atoms with Crippen LogP contribution in [0.2, 0.25) is 5.02 Å². The first kappa shape index (κ1) is 20.0. The predicted octanol–water partition coefficient (Wildman–Crippen LogP) is 1.76. The number of aromatic nitrogens is 4. The molecule has 2 N–H and O–H groups in total. The van der Waals surface area contributed by atoms with E-state index in [2.05, 4.69) is 30.2 Å². The predicted molar refractivity (Wildman–Crippen MR) is 116 cm³/mol. The van der Waals surface area contributed by atoms with Crippen molar-refractivity contribution in [1.82, 2.24) is 24.8 Å². The van der Waals surface area contributed by atoms with E-state index in [9.17, 15) is 9.32 Å². The second kappa shape index (κ2) is 7.43. The lowest BCUT2D eigenvalue weighted by molar-refractivity contribution is -0.0221. The van der Waals surface area contributed by atoms with Crippen molar-refractivity contribution < 1.29 is 9.32 Å². The molecule has 4 aliphatic rings. The number of nitrogens with zero attached hydrogens (tertiary/aromatic N) is 5. The quantitative estimate of drug-likeness (QED) is 0.650. The molecule has 2 aromatic rings. The highest BCUT2D eigenvalue weighted by molar-refractivity contribution is 7.85. The Labute approximate surface area is 188 Å². The van der Waals surface area contributed by atoms with Gasteiger partial charge < -0.3 is 10.4 Å². The largest absolute Gasteiger partial charge is 0.373 e. The number of aliphatic hydroxyl groups excluding tert-OH is 1. The number of fused-ring (bicyclic) bond motifs is 2. The molecule has 2 aromatic heterocycles. The first-order chi connectivity index (χ1) is 15.0. The van der Waals surface area contributed by atoms with E-state index in [0.29, 0.717) is 39.9 Å². The lowest BCUT2D eigenvalue weighted by atomic mass is 9.76. The normalized spacial score (nSPS) is 35.0. The number of rotatable bonds is 5. The zero-order chi connectivity index (χ0) is 21.2. The maximum atomic E-state index is 12.3. The van der Waals surface area contributed by atoms with E-state index in [1.54, 1.807) is 12.4 Å². The van der Waals surface area contributed by atoms with Crippen LogP contribution in [0.25, 0.3) is 0 Å². The molecule has 2 aliphatic carbocycles. The molecular weight excluding hydrogens is 436 g/mol. The molecule has 164 valence electrons.